The molecule has 2 heteroatoms. The third kappa shape index (κ3) is 5.34. The first kappa shape index (κ1) is 16.9. The Bertz CT molecular complexity index is 447. The van der Waals surface area contributed by atoms with Gasteiger partial charge in [0.25, 0.3) is 0 Å². The molecular weight excluding hydrogens is 274 g/mol. The minimum Gasteiger partial charge on any atom is -0.312 e. The van der Waals surface area contributed by atoms with Gasteiger partial charge in [0, 0.05) is 16.2 Å². The monoisotopic (exact) mass is 305 g/mol. The molecule has 0 amide bonds. The zero-order valence-corrected chi connectivity index (χ0v) is 15.1. The van der Waals surface area contributed by atoms with Crippen LogP contribution in [0.4, 0.5) is 0 Å². The van der Waals surface area contributed by atoms with E-state index in [0.29, 0.717) is 0 Å². The van der Waals surface area contributed by atoms with Crippen molar-refractivity contribution in [1.82, 2.24) is 5.32 Å². The second-order valence-corrected chi connectivity index (χ2v) is 8.97. The van der Waals surface area contributed by atoms with E-state index in [9.17, 15) is 0 Å². The van der Waals surface area contributed by atoms with Gasteiger partial charge in [0.15, 0.2) is 0 Å². The van der Waals surface area contributed by atoms with Crippen LogP contribution in [0.15, 0.2) is 29.2 Å². The maximum Gasteiger partial charge on any atom is 0.0107 e. The molecule has 0 fully saturated rings. The third-order valence-electron chi connectivity index (χ3n) is 4.14. The molecule has 0 saturated carbocycles. The number of fused-ring (bicyclic) bond motifs is 1. The standard InChI is InChI=1S/C19H31NS/c1-14(2)10-15(12-20-19(3,4)5)11-16-13-21-18-9-7-6-8-17(16)18/h6-9,14-16,20H,10-13H2,1-5H3. The Balaban J connectivity index is 1.99. The van der Waals surface area contributed by atoms with Crippen LogP contribution < -0.4 is 5.32 Å². The first-order valence-corrected chi connectivity index (χ1v) is 9.30. The van der Waals surface area contributed by atoms with Crippen LogP contribution in [0.2, 0.25) is 0 Å². The maximum atomic E-state index is 3.72. The lowest BCUT2D eigenvalue weighted by Crippen LogP contribution is -2.39. The zero-order chi connectivity index (χ0) is 15.5. The van der Waals surface area contributed by atoms with Crippen LogP contribution >= 0.6 is 11.8 Å². The highest BCUT2D eigenvalue weighted by atomic mass is 32.2. The van der Waals surface area contributed by atoms with E-state index in [2.05, 4.69) is 64.2 Å². The SMILES string of the molecule is CC(C)CC(CNC(C)(C)C)CC1CSc2ccccc21. The minimum atomic E-state index is 0.220. The van der Waals surface area contributed by atoms with Gasteiger partial charge in [-0.1, -0.05) is 32.0 Å². The Hall–Kier alpha value is -0.470. The predicted octanol–water partition coefficient (Wildman–Crippen LogP) is 5.32. The molecular formula is C19H31NS. The summed E-state index contributed by atoms with van der Waals surface area (Å²) in [5.41, 5.74) is 1.81. The van der Waals surface area contributed by atoms with Gasteiger partial charge in [0.2, 0.25) is 0 Å². The number of nitrogens with one attached hydrogen (secondary N) is 1. The van der Waals surface area contributed by atoms with Gasteiger partial charge in [-0.05, 0) is 69.5 Å². The van der Waals surface area contributed by atoms with Gasteiger partial charge < -0.3 is 5.32 Å². The summed E-state index contributed by atoms with van der Waals surface area (Å²) < 4.78 is 0. The molecule has 0 aromatic heterocycles. The van der Waals surface area contributed by atoms with Crippen molar-refractivity contribution < 1.29 is 0 Å². The van der Waals surface area contributed by atoms with Crippen molar-refractivity contribution in [2.24, 2.45) is 11.8 Å². The van der Waals surface area contributed by atoms with Crippen molar-refractivity contribution >= 4 is 11.8 Å². The van der Waals surface area contributed by atoms with Gasteiger partial charge in [0.05, 0.1) is 0 Å². The van der Waals surface area contributed by atoms with Gasteiger partial charge in [-0.25, -0.2) is 0 Å². The number of rotatable bonds is 6. The van der Waals surface area contributed by atoms with E-state index < -0.39 is 0 Å². The summed E-state index contributed by atoms with van der Waals surface area (Å²) in [7, 11) is 0. The van der Waals surface area contributed by atoms with Crippen molar-refractivity contribution in [2.75, 3.05) is 12.3 Å². The summed E-state index contributed by atoms with van der Waals surface area (Å²) in [6.45, 7) is 12.6. The van der Waals surface area contributed by atoms with Gasteiger partial charge >= 0.3 is 0 Å². The second kappa shape index (κ2) is 7.19. The normalized spacial score (nSPS) is 19.8. The highest BCUT2D eigenvalue weighted by Crippen LogP contribution is 2.42. The van der Waals surface area contributed by atoms with Gasteiger partial charge in [0.1, 0.15) is 0 Å². The van der Waals surface area contributed by atoms with Crippen molar-refractivity contribution in [2.45, 2.75) is 63.8 Å². The third-order valence-corrected chi connectivity index (χ3v) is 5.39. The Labute approximate surface area is 135 Å². The molecule has 1 aliphatic rings. The summed E-state index contributed by atoms with van der Waals surface area (Å²) in [6, 6.07) is 8.98. The van der Waals surface area contributed by atoms with Crippen LogP contribution in [0.5, 0.6) is 0 Å². The fourth-order valence-electron chi connectivity index (χ4n) is 3.21. The van der Waals surface area contributed by atoms with E-state index in [1.807, 2.05) is 11.8 Å². The fourth-order valence-corrected chi connectivity index (χ4v) is 4.48. The van der Waals surface area contributed by atoms with Crippen LogP contribution in [-0.2, 0) is 0 Å². The highest BCUT2D eigenvalue weighted by Gasteiger charge is 2.26. The Morgan fingerprint density at radius 2 is 1.95 bits per heavy atom. The average Bonchev–Trinajstić information content (AvgIpc) is 2.78. The predicted molar refractivity (Wildman–Crippen MR) is 95.2 cm³/mol. The number of hydrogen-bond donors (Lipinski definition) is 1. The summed E-state index contributed by atoms with van der Waals surface area (Å²) in [5, 5.41) is 3.72. The van der Waals surface area contributed by atoms with E-state index >= 15 is 0 Å². The number of thioether (sulfide) groups is 1. The molecule has 1 aromatic carbocycles. The first-order valence-electron chi connectivity index (χ1n) is 8.32. The van der Waals surface area contributed by atoms with Crippen LogP contribution in [0.3, 0.4) is 0 Å². The van der Waals surface area contributed by atoms with Crippen molar-refractivity contribution in [3.63, 3.8) is 0 Å². The average molecular weight is 306 g/mol. The summed E-state index contributed by atoms with van der Waals surface area (Å²) >= 11 is 2.04. The van der Waals surface area contributed by atoms with Gasteiger partial charge in [-0.15, -0.1) is 11.8 Å². The minimum absolute atomic E-state index is 0.220. The lowest BCUT2D eigenvalue weighted by atomic mass is 9.85. The van der Waals surface area contributed by atoms with E-state index in [0.717, 1.165) is 24.3 Å². The molecule has 0 aliphatic carbocycles. The second-order valence-electron chi connectivity index (χ2n) is 7.91. The molecule has 0 spiro atoms. The van der Waals surface area contributed by atoms with Crippen LogP contribution in [-0.4, -0.2) is 17.8 Å². The van der Waals surface area contributed by atoms with Crippen molar-refractivity contribution in [3.8, 4) is 0 Å². The molecule has 1 N–H and O–H groups in total. The van der Waals surface area contributed by atoms with E-state index in [1.54, 1.807) is 5.56 Å². The smallest absolute Gasteiger partial charge is 0.0107 e. The van der Waals surface area contributed by atoms with E-state index in [1.165, 1.54) is 23.5 Å². The van der Waals surface area contributed by atoms with Gasteiger partial charge in [-0.2, -0.15) is 0 Å². The lowest BCUT2D eigenvalue weighted by Gasteiger charge is -2.28. The summed E-state index contributed by atoms with van der Waals surface area (Å²) in [5.74, 6) is 3.57. The molecule has 1 heterocycles. The zero-order valence-electron chi connectivity index (χ0n) is 14.3. The summed E-state index contributed by atoms with van der Waals surface area (Å²) in [4.78, 5) is 1.51. The van der Waals surface area contributed by atoms with Crippen LogP contribution in [0, 0.1) is 11.8 Å². The number of benzene rings is 1. The highest BCUT2D eigenvalue weighted by molar-refractivity contribution is 7.99. The molecule has 0 bridgehead atoms. The van der Waals surface area contributed by atoms with E-state index in [-0.39, 0.29) is 5.54 Å². The van der Waals surface area contributed by atoms with Crippen LogP contribution in [0.25, 0.3) is 0 Å². The quantitative estimate of drug-likeness (QED) is 0.763. The molecule has 0 radical (unpaired) electrons. The molecule has 1 aromatic rings. The van der Waals surface area contributed by atoms with Crippen molar-refractivity contribution in [3.05, 3.63) is 29.8 Å². The molecule has 2 rings (SSSR count). The topological polar surface area (TPSA) is 12.0 Å². The molecule has 0 saturated heterocycles. The van der Waals surface area contributed by atoms with E-state index in [4.69, 9.17) is 0 Å². The molecule has 1 nitrogen and oxygen atoms in total. The van der Waals surface area contributed by atoms with Crippen molar-refractivity contribution in [1.29, 1.82) is 0 Å². The Kier molecular flexibility index (Phi) is 5.79. The lowest BCUT2D eigenvalue weighted by molar-refractivity contribution is 0.309. The molecule has 2 unspecified atom stereocenters. The number of hydrogen-bond acceptors (Lipinski definition) is 2. The Morgan fingerprint density at radius 1 is 1.24 bits per heavy atom. The largest absolute Gasteiger partial charge is 0.312 e. The van der Waals surface area contributed by atoms with Gasteiger partial charge in [-0.3, -0.25) is 0 Å². The first-order chi connectivity index (χ1) is 9.85. The maximum absolute atomic E-state index is 3.72. The van der Waals surface area contributed by atoms with Crippen LogP contribution in [0.1, 0.15) is 58.9 Å². The molecule has 2 atom stereocenters. The fraction of sp³-hybridized carbons (Fsp3) is 0.684. The molecule has 118 valence electrons. The molecule has 21 heavy (non-hydrogen) atoms. The molecule has 1 aliphatic heterocycles. The summed E-state index contributed by atoms with van der Waals surface area (Å²) in [6.07, 6.45) is 2.65. The Morgan fingerprint density at radius 3 is 2.62 bits per heavy atom.